The molecule has 3 aromatic rings. The standard InChI is InChI=1S/C19H18N2O2/c22-17(23)12-21-11-10-15-14-8-4-5-9-16(14)20-18(15)19(21)13-6-2-1-3-7-13/h1-9,19-20H,10-12H2,(H,22,23). The van der Waals surface area contributed by atoms with E-state index in [1.54, 1.807) is 0 Å². The maximum Gasteiger partial charge on any atom is 0.317 e. The second kappa shape index (κ2) is 5.56. The van der Waals surface area contributed by atoms with Gasteiger partial charge in [-0.1, -0.05) is 48.5 Å². The predicted octanol–water partition coefficient (Wildman–Crippen LogP) is 3.20. The van der Waals surface area contributed by atoms with E-state index in [1.807, 2.05) is 29.2 Å². The zero-order chi connectivity index (χ0) is 15.8. The first-order valence-electron chi connectivity index (χ1n) is 7.84. The van der Waals surface area contributed by atoms with Crippen LogP contribution >= 0.6 is 0 Å². The number of fused-ring (bicyclic) bond motifs is 3. The molecule has 1 aromatic heterocycles. The summed E-state index contributed by atoms with van der Waals surface area (Å²) in [6.07, 6.45) is 0.871. The topological polar surface area (TPSA) is 56.3 Å². The zero-order valence-corrected chi connectivity index (χ0v) is 12.7. The number of nitrogens with zero attached hydrogens (tertiary/aromatic N) is 1. The minimum absolute atomic E-state index is 0.0385. The fourth-order valence-corrected chi connectivity index (χ4v) is 3.65. The third kappa shape index (κ3) is 2.41. The lowest BCUT2D eigenvalue weighted by Crippen LogP contribution is -2.39. The third-order valence-electron chi connectivity index (χ3n) is 4.59. The maximum atomic E-state index is 11.3. The number of para-hydroxylation sites is 1. The summed E-state index contributed by atoms with van der Waals surface area (Å²) in [6.45, 7) is 0.801. The molecule has 1 aliphatic heterocycles. The van der Waals surface area contributed by atoms with Crippen LogP contribution in [-0.2, 0) is 11.2 Å². The first-order chi connectivity index (χ1) is 11.2. The second-order valence-electron chi connectivity index (χ2n) is 5.99. The fraction of sp³-hybridized carbons (Fsp3) is 0.211. The SMILES string of the molecule is O=C(O)CN1CCc2c([nH]c3ccccc23)C1c1ccccc1. The van der Waals surface area contributed by atoms with Crippen molar-refractivity contribution < 1.29 is 9.90 Å². The van der Waals surface area contributed by atoms with Gasteiger partial charge in [0.1, 0.15) is 0 Å². The lowest BCUT2D eigenvalue weighted by Gasteiger charge is -2.35. The molecule has 4 heteroatoms. The van der Waals surface area contributed by atoms with Crippen LogP contribution in [0.5, 0.6) is 0 Å². The molecule has 116 valence electrons. The number of hydrogen-bond acceptors (Lipinski definition) is 2. The maximum absolute atomic E-state index is 11.3. The Hall–Kier alpha value is -2.59. The van der Waals surface area contributed by atoms with Gasteiger partial charge in [0.2, 0.25) is 0 Å². The number of aromatic amines is 1. The molecule has 1 aliphatic rings. The zero-order valence-electron chi connectivity index (χ0n) is 12.7. The highest BCUT2D eigenvalue weighted by Gasteiger charge is 2.32. The normalized spacial score (nSPS) is 18.0. The summed E-state index contributed by atoms with van der Waals surface area (Å²) >= 11 is 0. The molecule has 4 nitrogen and oxygen atoms in total. The molecule has 0 radical (unpaired) electrons. The number of aliphatic carboxylic acids is 1. The van der Waals surface area contributed by atoms with Crippen molar-refractivity contribution in [2.75, 3.05) is 13.1 Å². The van der Waals surface area contributed by atoms with Gasteiger partial charge >= 0.3 is 5.97 Å². The Kier molecular flexibility index (Phi) is 3.39. The van der Waals surface area contributed by atoms with Crippen LogP contribution in [0.2, 0.25) is 0 Å². The predicted molar refractivity (Wildman–Crippen MR) is 89.5 cm³/mol. The summed E-state index contributed by atoms with van der Waals surface area (Å²) in [6, 6.07) is 18.4. The van der Waals surface area contributed by atoms with Gasteiger partial charge < -0.3 is 10.1 Å². The number of nitrogens with one attached hydrogen (secondary N) is 1. The third-order valence-corrected chi connectivity index (χ3v) is 4.59. The highest BCUT2D eigenvalue weighted by Crippen LogP contribution is 2.37. The van der Waals surface area contributed by atoms with Gasteiger partial charge in [-0.3, -0.25) is 9.69 Å². The molecule has 0 spiro atoms. The van der Waals surface area contributed by atoms with Gasteiger partial charge in [0.15, 0.2) is 0 Å². The molecular formula is C19H18N2O2. The van der Waals surface area contributed by atoms with Crippen molar-refractivity contribution in [1.29, 1.82) is 0 Å². The van der Waals surface area contributed by atoms with E-state index in [9.17, 15) is 9.90 Å². The van der Waals surface area contributed by atoms with E-state index in [0.29, 0.717) is 0 Å². The molecule has 0 aliphatic carbocycles. The quantitative estimate of drug-likeness (QED) is 0.781. The average molecular weight is 306 g/mol. The van der Waals surface area contributed by atoms with Gasteiger partial charge in [-0.15, -0.1) is 0 Å². The molecule has 0 saturated heterocycles. The highest BCUT2D eigenvalue weighted by atomic mass is 16.4. The number of carbonyl (C=O) groups is 1. The summed E-state index contributed by atoms with van der Waals surface area (Å²) in [5.74, 6) is -0.787. The Morgan fingerprint density at radius 2 is 1.87 bits per heavy atom. The van der Waals surface area contributed by atoms with Crippen molar-refractivity contribution >= 4 is 16.9 Å². The Bertz CT molecular complexity index is 854. The molecule has 2 N–H and O–H groups in total. The van der Waals surface area contributed by atoms with Crippen LogP contribution in [0.1, 0.15) is 22.9 Å². The minimum atomic E-state index is -0.787. The number of rotatable bonds is 3. The monoisotopic (exact) mass is 306 g/mol. The van der Waals surface area contributed by atoms with Gasteiger partial charge in [-0.25, -0.2) is 0 Å². The molecule has 4 rings (SSSR count). The van der Waals surface area contributed by atoms with E-state index in [1.165, 1.54) is 10.9 Å². The van der Waals surface area contributed by atoms with E-state index in [2.05, 4.69) is 35.3 Å². The van der Waals surface area contributed by atoms with Gasteiger partial charge in [-0.05, 0) is 23.6 Å². The number of hydrogen-bond donors (Lipinski definition) is 2. The number of aromatic nitrogens is 1. The highest BCUT2D eigenvalue weighted by molar-refractivity contribution is 5.85. The average Bonchev–Trinajstić information content (AvgIpc) is 2.93. The van der Waals surface area contributed by atoms with Gasteiger partial charge in [-0.2, -0.15) is 0 Å². The van der Waals surface area contributed by atoms with Crippen LogP contribution < -0.4 is 0 Å². The van der Waals surface area contributed by atoms with Crippen molar-refractivity contribution in [2.24, 2.45) is 0 Å². The van der Waals surface area contributed by atoms with Crippen molar-refractivity contribution in [1.82, 2.24) is 9.88 Å². The van der Waals surface area contributed by atoms with E-state index in [0.717, 1.165) is 29.7 Å². The van der Waals surface area contributed by atoms with Crippen LogP contribution in [0.4, 0.5) is 0 Å². The number of carboxylic acids is 1. The Morgan fingerprint density at radius 1 is 1.13 bits per heavy atom. The molecule has 1 atom stereocenters. The lowest BCUT2D eigenvalue weighted by molar-refractivity contribution is -0.138. The van der Waals surface area contributed by atoms with Gasteiger partial charge in [0.05, 0.1) is 12.6 Å². The largest absolute Gasteiger partial charge is 0.480 e. The first-order valence-corrected chi connectivity index (χ1v) is 7.84. The molecule has 2 heterocycles. The summed E-state index contributed by atoms with van der Waals surface area (Å²) < 4.78 is 0. The van der Waals surface area contributed by atoms with E-state index < -0.39 is 5.97 Å². The van der Waals surface area contributed by atoms with Crippen molar-refractivity contribution in [3.63, 3.8) is 0 Å². The first kappa shape index (κ1) is 14.0. The van der Waals surface area contributed by atoms with E-state index >= 15 is 0 Å². The van der Waals surface area contributed by atoms with Crippen LogP contribution in [0.25, 0.3) is 10.9 Å². The van der Waals surface area contributed by atoms with E-state index in [-0.39, 0.29) is 12.6 Å². The molecule has 0 fully saturated rings. The summed E-state index contributed by atoms with van der Waals surface area (Å²) in [4.78, 5) is 16.8. The van der Waals surface area contributed by atoms with E-state index in [4.69, 9.17) is 0 Å². The Labute approximate surface area is 134 Å². The summed E-state index contributed by atoms with van der Waals surface area (Å²) in [7, 11) is 0. The van der Waals surface area contributed by atoms with Gasteiger partial charge in [0.25, 0.3) is 0 Å². The fourth-order valence-electron chi connectivity index (χ4n) is 3.65. The smallest absolute Gasteiger partial charge is 0.317 e. The van der Waals surface area contributed by atoms with Crippen molar-refractivity contribution in [3.05, 3.63) is 71.4 Å². The molecular weight excluding hydrogens is 288 g/mol. The number of H-pyrrole nitrogens is 1. The summed E-state index contributed by atoms with van der Waals surface area (Å²) in [5.41, 5.74) is 4.69. The Morgan fingerprint density at radius 3 is 2.65 bits per heavy atom. The molecule has 1 unspecified atom stereocenters. The Balaban J connectivity index is 1.88. The minimum Gasteiger partial charge on any atom is -0.480 e. The van der Waals surface area contributed by atoms with Crippen molar-refractivity contribution in [3.8, 4) is 0 Å². The molecule has 0 bridgehead atoms. The molecule has 0 saturated carbocycles. The van der Waals surface area contributed by atoms with Crippen LogP contribution in [0, 0.1) is 0 Å². The van der Waals surface area contributed by atoms with Gasteiger partial charge in [0, 0.05) is 23.1 Å². The molecule has 23 heavy (non-hydrogen) atoms. The summed E-state index contributed by atoms with van der Waals surface area (Å²) in [5, 5.41) is 10.5. The van der Waals surface area contributed by atoms with Crippen LogP contribution in [0.15, 0.2) is 54.6 Å². The molecule has 0 amide bonds. The van der Waals surface area contributed by atoms with Crippen molar-refractivity contribution in [2.45, 2.75) is 12.5 Å². The van der Waals surface area contributed by atoms with Crippen LogP contribution in [-0.4, -0.2) is 34.0 Å². The number of carboxylic acid groups (broad SMARTS) is 1. The van der Waals surface area contributed by atoms with Crippen LogP contribution in [0.3, 0.4) is 0 Å². The molecule has 2 aromatic carbocycles. The lowest BCUT2D eigenvalue weighted by atomic mass is 9.92. The second-order valence-corrected chi connectivity index (χ2v) is 5.99. The number of benzene rings is 2.